The summed E-state index contributed by atoms with van der Waals surface area (Å²) in [7, 11) is 0. The van der Waals surface area contributed by atoms with E-state index in [9.17, 15) is 4.79 Å². The second kappa shape index (κ2) is 8.54. The Balaban J connectivity index is 4.30. The van der Waals surface area contributed by atoms with Crippen molar-refractivity contribution in [2.75, 3.05) is 0 Å². The Morgan fingerprint density at radius 1 is 1.12 bits per heavy atom. The van der Waals surface area contributed by atoms with Crippen LogP contribution in [0.25, 0.3) is 0 Å². The predicted molar refractivity (Wildman–Crippen MR) is 72.9 cm³/mol. The Labute approximate surface area is 107 Å². The maximum Gasteiger partial charge on any atom is 0.308 e. The smallest absolute Gasteiger partial charge is 0.308 e. The summed E-state index contributed by atoms with van der Waals surface area (Å²) in [6.07, 6.45) is 4.31. The SMILES string of the molecule is CCCCC(C)C(=O)OC(C(C)C)C(C)CC. The molecule has 0 saturated carbocycles. The zero-order valence-corrected chi connectivity index (χ0v) is 12.5. The summed E-state index contributed by atoms with van der Waals surface area (Å²) in [5.41, 5.74) is 0. The topological polar surface area (TPSA) is 26.3 Å². The van der Waals surface area contributed by atoms with E-state index in [2.05, 4.69) is 34.6 Å². The molecule has 2 heteroatoms. The van der Waals surface area contributed by atoms with E-state index in [4.69, 9.17) is 4.74 Å². The van der Waals surface area contributed by atoms with E-state index in [1.165, 1.54) is 0 Å². The van der Waals surface area contributed by atoms with Crippen LogP contribution in [0.3, 0.4) is 0 Å². The van der Waals surface area contributed by atoms with Crippen LogP contribution in [0.4, 0.5) is 0 Å². The Morgan fingerprint density at radius 2 is 1.71 bits per heavy atom. The van der Waals surface area contributed by atoms with Crippen LogP contribution >= 0.6 is 0 Å². The number of unbranched alkanes of at least 4 members (excludes halogenated alkanes) is 1. The number of rotatable bonds is 8. The maximum atomic E-state index is 12.0. The third kappa shape index (κ3) is 6.09. The highest BCUT2D eigenvalue weighted by molar-refractivity contribution is 5.72. The number of hydrogen-bond donors (Lipinski definition) is 0. The van der Waals surface area contributed by atoms with Gasteiger partial charge in [-0.1, -0.05) is 60.8 Å². The van der Waals surface area contributed by atoms with Gasteiger partial charge in [0.15, 0.2) is 0 Å². The number of esters is 1. The summed E-state index contributed by atoms with van der Waals surface area (Å²) in [6, 6.07) is 0. The first-order chi connectivity index (χ1) is 7.93. The van der Waals surface area contributed by atoms with Crippen LogP contribution in [-0.2, 0) is 9.53 Å². The summed E-state index contributed by atoms with van der Waals surface area (Å²) in [5, 5.41) is 0. The van der Waals surface area contributed by atoms with Gasteiger partial charge in [0.05, 0.1) is 5.92 Å². The lowest BCUT2D eigenvalue weighted by Gasteiger charge is -2.28. The molecule has 0 spiro atoms. The fourth-order valence-electron chi connectivity index (χ4n) is 2.02. The maximum absolute atomic E-state index is 12.0. The molecule has 3 unspecified atom stereocenters. The fourth-order valence-corrected chi connectivity index (χ4v) is 2.02. The minimum Gasteiger partial charge on any atom is -0.462 e. The zero-order chi connectivity index (χ0) is 13.4. The molecule has 0 aromatic carbocycles. The quantitative estimate of drug-likeness (QED) is 0.589. The van der Waals surface area contributed by atoms with Crippen LogP contribution < -0.4 is 0 Å². The summed E-state index contributed by atoms with van der Waals surface area (Å²) in [5.74, 6) is 0.863. The van der Waals surface area contributed by atoms with Gasteiger partial charge < -0.3 is 4.74 Å². The largest absolute Gasteiger partial charge is 0.462 e. The van der Waals surface area contributed by atoms with Crippen LogP contribution in [0, 0.1) is 17.8 Å². The number of carbonyl (C=O) groups is 1. The van der Waals surface area contributed by atoms with Gasteiger partial charge in [-0.3, -0.25) is 4.79 Å². The van der Waals surface area contributed by atoms with Crippen molar-refractivity contribution < 1.29 is 9.53 Å². The third-order valence-corrected chi connectivity index (χ3v) is 3.51. The highest BCUT2D eigenvalue weighted by Crippen LogP contribution is 2.21. The molecule has 0 aliphatic rings. The second-order valence-electron chi connectivity index (χ2n) is 5.57. The first-order valence-electron chi connectivity index (χ1n) is 7.14. The molecule has 0 amide bonds. The molecule has 0 aliphatic heterocycles. The Morgan fingerprint density at radius 3 is 2.12 bits per heavy atom. The van der Waals surface area contributed by atoms with Crippen molar-refractivity contribution in [3.63, 3.8) is 0 Å². The van der Waals surface area contributed by atoms with Gasteiger partial charge in [-0.25, -0.2) is 0 Å². The number of hydrogen-bond acceptors (Lipinski definition) is 2. The predicted octanol–water partition coefficient (Wildman–Crippen LogP) is 4.43. The third-order valence-electron chi connectivity index (χ3n) is 3.51. The van der Waals surface area contributed by atoms with E-state index in [1.54, 1.807) is 0 Å². The molecule has 0 rings (SSSR count). The lowest BCUT2D eigenvalue weighted by atomic mass is 9.92. The van der Waals surface area contributed by atoms with Crippen LogP contribution in [-0.4, -0.2) is 12.1 Å². The fraction of sp³-hybridized carbons (Fsp3) is 0.933. The van der Waals surface area contributed by atoms with Crippen molar-refractivity contribution >= 4 is 5.97 Å². The second-order valence-corrected chi connectivity index (χ2v) is 5.57. The molecule has 0 aromatic rings. The van der Waals surface area contributed by atoms with Gasteiger partial charge in [0, 0.05) is 0 Å². The van der Waals surface area contributed by atoms with Crippen LogP contribution in [0.15, 0.2) is 0 Å². The van der Waals surface area contributed by atoms with Gasteiger partial charge in [0.2, 0.25) is 0 Å². The van der Waals surface area contributed by atoms with Gasteiger partial charge in [0.1, 0.15) is 6.10 Å². The monoisotopic (exact) mass is 242 g/mol. The molecule has 0 heterocycles. The van der Waals surface area contributed by atoms with E-state index >= 15 is 0 Å². The van der Waals surface area contributed by atoms with Crippen molar-refractivity contribution in [2.24, 2.45) is 17.8 Å². The number of carbonyl (C=O) groups excluding carboxylic acids is 1. The van der Waals surface area contributed by atoms with E-state index in [0.717, 1.165) is 25.7 Å². The summed E-state index contributed by atoms with van der Waals surface area (Å²) < 4.78 is 5.68. The highest BCUT2D eigenvalue weighted by atomic mass is 16.5. The molecule has 2 nitrogen and oxygen atoms in total. The van der Waals surface area contributed by atoms with E-state index < -0.39 is 0 Å². The van der Waals surface area contributed by atoms with Crippen LogP contribution in [0.2, 0.25) is 0 Å². The summed E-state index contributed by atoms with van der Waals surface area (Å²) in [6.45, 7) is 12.7. The molecule has 3 atom stereocenters. The van der Waals surface area contributed by atoms with E-state index in [0.29, 0.717) is 11.8 Å². The normalized spacial score (nSPS) is 16.6. The molecule has 102 valence electrons. The highest BCUT2D eigenvalue weighted by Gasteiger charge is 2.25. The lowest BCUT2D eigenvalue weighted by molar-refractivity contribution is -0.159. The summed E-state index contributed by atoms with van der Waals surface area (Å²) in [4.78, 5) is 12.0. The standard InChI is InChI=1S/C15H30O2/c1-7-9-10-13(6)15(16)17-14(11(3)4)12(5)8-2/h11-14H,7-10H2,1-6H3. The Bertz CT molecular complexity index is 211. The Hall–Kier alpha value is -0.530. The van der Waals surface area contributed by atoms with Gasteiger partial charge in [-0.05, 0) is 18.3 Å². The molecular weight excluding hydrogens is 212 g/mol. The summed E-state index contributed by atoms with van der Waals surface area (Å²) >= 11 is 0. The lowest BCUT2D eigenvalue weighted by Crippen LogP contribution is -2.32. The minimum absolute atomic E-state index is 0.0163. The zero-order valence-electron chi connectivity index (χ0n) is 12.5. The van der Waals surface area contributed by atoms with Crippen LogP contribution in [0.5, 0.6) is 0 Å². The number of ether oxygens (including phenoxy) is 1. The van der Waals surface area contributed by atoms with Gasteiger partial charge in [0.25, 0.3) is 0 Å². The first-order valence-corrected chi connectivity index (χ1v) is 7.14. The van der Waals surface area contributed by atoms with Crippen LogP contribution in [0.1, 0.15) is 67.2 Å². The van der Waals surface area contributed by atoms with E-state index in [1.807, 2.05) is 6.92 Å². The van der Waals surface area contributed by atoms with Crippen molar-refractivity contribution in [2.45, 2.75) is 73.3 Å². The first kappa shape index (κ1) is 16.5. The van der Waals surface area contributed by atoms with Crippen molar-refractivity contribution in [3.8, 4) is 0 Å². The molecular formula is C15H30O2. The van der Waals surface area contributed by atoms with Crippen molar-refractivity contribution in [3.05, 3.63) is 0 Å². The van der Waals surface area contributed by atoms with Crippen molar-refractivity contribution in [1.29, 1.82) is 0 Å². The molecule has 0 fully saturated rings. The van der Waals surface area contributed by atoms with Gasteiger partial charge in [-0.15, -0.1) is 0 Å². The molecule has 0 N–H and O–H groups in total. The minimum atomic E-state index is -0.0163. The Kier molecular flexibility index (Phi) is 8.28. The average Bonchev–Trinajstić information content (AvgIpc) is 2.31. The molecule has 0 aliphatic carbocycles. The molecule has 17 heavy (non-hydrogen) atoms. The molecule has 0 radical (unpaired) electrons. The van der Waals surface area contributed by atoms with Crippen molar-refractivity contribution in [1.82, 2.24) is 0 Å². The average molecular weight is 242 g/mol. The van der Waals surface area contributed by atoms with Gasteiger partial charge >= 0.3 is 5.97 Å². The molecule has 0 aromatic heterocycles. The molecule has 0 saturated heterocycles. The van der Waals surface area contributed by atoms with Gasteiger partial charge in [-0.2, -0.15) is 0 Å². The van der Waals surface area contributed by atoms with E-state index in [-0.39, 0.29) is 18.0 Å². The molecule has 0 bridgehead atoms.